The van der Waals surface area contributed by atoms with Gasteiger partial charge in [-0.2, -0.15) is 0 Å². The molecule has 0 amide bonds. The highest BCUT2D eigenvalue weighted by atomic mass is 79.9. The molecule has 1 atom stereocenters. The Kier molecular flexibility index (Phi) is 3.12. The monoisotopic (exact) mass is 319 g/mol. The predicted molar refractivity (Wildman–Crippen MR) is 76.3 cm³/mol. The van der Waals surface area contributed by atoms with E-state index in [0.29, 0.717) is 15.8 Å². The summed E-state index contributed by atoms with van der Waals surface area (Å²) in [5.41, 5.74) is 7.26. The van der Waals surface area contributed by atoms with Crippen LogP contribution in [0.1, 0.15) is 17.4 Å². The van der Waals surface area contributed by atoms with Crippen LogP contribution in [0.4, 0.5) is 4.39 Å². The summed E-state index contributed by atoms with van der Waals surface area (Å²) in [7, 11) is 0. The zero-order valence-electron chi connectivity index (χ0n) is 9.94. The lowest BCUT2D eigenvalue weighted by Crippen LogP contribution is -2.12. The fourth-order valence-corrected chi connectivity index (χ4v) is 2.45. The Morgan fingerprint density at radius 1 is 1.11 bits per heavy atom. The maximum Gasteiger partial charge on any atom is 0.142 e. The van der Waals surface area contributed by atoms with Crippen LogP contribution in [-0.2, 0) is 0 Å². The third-order valence-corrected chi connectivity index (χ3v) is 3.68. The first kappa shape index (κ1) is 12.4. The van der Waals surface area contributed by atoms with E-state index in [0.717, 1.165) is 11.0 Å². The van der Waals surface area contributed by atoms with Crippen LogP contribution < -0.4 is 5.73 Å². The van der Waals surface area contributed by atoms with Gasteiger partial charge in [0.05, 0.1) is 10.5 Å². The number of hydrogen-bond donors (Lipinski definition) is 1. The van der Waals surface area contributed by atoms with E-state index >= 15 is 0 Å². The Labute approximate surface area is 118 Å². The first-order valence-electron chi connectivity index (χ1n) is 5.85. The number of hydrogen-bond acceptors (Lipinski definition) is 2. The van der Waals surface area contributed by atoms with Gasteiger partial charge in [-0.3, -0.25) is 0 Å². The molecular formula is C15H11BrFNO. The summed E-state index contributed by atoms with van der Waals surface area (Å²) in [5, 5.41) is 0.961. The second-order valence-electron chi connectivity index (χ2n) is 4.31. The summed E-state index contributed by atoms with van der Waals surface area (Å²) in [6.07, 6.45) is 0. The number of benzene rings is 2. The van der Waals surface area contributed by atoms with Crippen LogP contribution in [0.3, 0.4) is 0 Å². The Morgan fingerprint density at radius 2 is 1.89 bits per heavy atom. The highest BCUT2D eigenvalue weighted by molar-refractivity contribution is 9.10. The number of nitrogens with two attached hydrogens (primary N) is 1. The molecular weight excluding hydrogens is 309 g/mol. The molecule has 0 fully saturated rings. The van der Waals surface area contributed by atoms with Gasteiger partial charge in [0.2, 0.25) is 0 Å². The van der Waals surface area contributed by atoms with Crippen LogP contribution in [0.15, 0.2) is 57.4 Å². The predicted octanol–water partition coefficient (Wildman–Crippen LogP) is 4.38. The van der Waals surface area contributed by atoms with Gasteiger partial charge in [0, 0.05) is 10.9 Å². The van der Waals surface area contributed by atoms with Gasteiger partial charge in [-0.25, -0.2) is 4.39 Å². The van der Waals surface area contributed by atoms with Crippen LogP contribution in [0.2, 0.25) is 0 Å². The lowest BCUT2D eigenvalue weighted by Gasteiger charge is -2.10. The second kappa shape index (κ2) is 4.79. The van der Waals surface area contributed by atoms with Crippen molar-refractivity contribution in [1.29, 1.82) is 0 Å². The molecule has 0 aliphatic rings. The second-order valence-corrected chi connectivity index (χ2v) is 5.16. The molecule has 0 spiro atoms. The van der Waals surface area contributed by atoms with Crippen molar-refractivity contribution in [2.75, 3.05) is 0 Å². The molecule has 0 saturated heterocycles. The third kappa shape index (κ3) is 2.17. The van der Waals surface area contributed by atoms with E-state index in [4.69, 9.17) is 10.2 Å². The average Bonchev–Trinajstić information content (AvgIpc) is 2.85. The van der Waals surface area contributed by atoms with E-state index in [9.17, 15) is 4.39 Å². The van der Waals surface area contributed by atoms with Crippen LogP contribution in [0.25, 0.3) is 11.0 Å². The highest BCUT2D eigenvalue weighted by Crippen LogP contribution is 2.30. The van der Waals surface area contributed by atoms with Crippen molar-refractivity contribution in [2.24, 2.45) is 5.73 Å². The minimum atomic E-state index is -0.620. The molecule has 0 aliphatic carbocycles. The summed E-state index contributed by atoms with van der Waals surface area (Å²) in [5.74, 6) is 0.202. The Bertz CT molecular complexity index is 705. The summed E-state index contributed by atoms with van der Waals surface area (Å²) in [6, 6.07) is 13.9. The maximum absolute atomic E-state index is 14.0. The Balaban J connectivity index is 2.08. The van der Waals surface area contributed by atoms with E-state index in [2.05, 4.69) is 15.9 Å². The van der Waals surface area contributed by atoms with Crippen LogP contribution in [0.5, 0.6) is 0 Å². The summed E-state index contributed by atoms with van der Waals surface area (Å²) >= 11 is 3.16. The number of halogens is 2. The number of furan rings is 1. The molecule has 3 rings (SSSR count). The molecule has 1 heterocycles. The SMILES string of the molecule is NC(c1cc2ccccc2o1)c1cccc(Br)c1F. The Morgan fingerprint density at radius 3 is 2.68 bits per heavy atom. The van der Waals surface area contributed by atoms with Crippen molar-refractivity contribution in [2.45, 2.75) is 6.04 Å². The molecule has 0 radical (unpaired) electrons. The summed E-state index contributed by atoms with van der Waals surface area (Å²) in [6.45, 7) is 0. The lowest BCUT2D eigenvalue weighted by atomic mass is 10.0. The smallest absolute Gasteiger partial charge is 0.142 e. The first-order valence-corrected chi connectivity index (χ1v) is 6.64. The summed E-state index contributed by atoms with van der Waals surface area (Å²) < 4.78 is 20.1. The number of rotatable bonds is 2. The Hall–Kier alpha value is -1.65. The molecule has 0 aliphatic heterocycles. The van der Waals surface area contributed by atoms with Crippen LogP contribution in [-0.4, -0.2) is 0 Å². The van der Waals surface area contributed by atoms with Gasteiger partial charge in [-0.1, -0.05) is 30.3 Å². The van der Waals surface area contributed by atoms with Crippen molar-refractivity contribution in [1.82, 2.24) is 0 Å². The van der Waals surface area contributed by atoms with Crippen molar-refractivity contribution < 1.29 is 8.81 Å². The van der Waals surface area contributed by atoms with Gasteiger partial charge in [0.1, 0.15) is 17.2 Å². The van der Waals surface area contributed by atoms with Crippen LogP contribution >= 0.6 is 15.9 Å². The minimum absolute atomic E-state index is 0.351. The standard InChI is InChI=1S/C15H11BrFNO/c16-11-6-3-5-10(14(11)17)15(18)13-8-9-4-1-2-7-12(9)19-13/h1-8,15H,18H2. The molecule has 3 aromatic rings. The normalized spacial score (nSPS) is 12.8. The molecule has 2 nitrogen and oxygen atoms in total. The molecule has 2 aromatic carbocycles. The van der Waals surface area contributed by atoms with Gasteiger partial charge >= 0.3 is 0 Å². The van der Waals surface area contributed by atoms with Crippen molar-refractivity contribution in [3.63, 3.8) is 0 Å². The third-order valence-electron chi connectivity index (χ3n) is 3.07. The van der Waals surface area contributed by atoms with Gasteiger partial charge < -0.3 is 10.2 Å². The molecule has 19 heavy (non-hydrogen) atoms. The molecule has 2 N–H and O–H groups in total. The zero-order valence-corrected chi connectivity index (χ0v) is 11.5. The van der Waals surface area contributed by atoms with E-state index in [-0.39, 0.29) is 5.82 Å². The number of fused-ring (bicyclic) bond motifs is 1. The first-order chi connectivity index (χ1) is 9.16. The van der Waals surface area contributed by atoms with Crippen molar-refractivity contribution >= 4 is 26.9 Å². The highest BCUT2D eigenvalue weighted by Gasteiger charge is 2.18. The average molecular weight is 320 g/mol. The van der Waals surface area contributed by atoms with E-state index in [1.54, 1.807) is 18.2 Å². The molecule has 1 unspecified atom stereocenters. The fraction of sp³-hybridized carbons (Fsp3) is 0.0667. The van der Waals surface area contributed by atoms with Gasteiger partial charge in [-0.05, 0) is 34.1 Å². The minimum Gasteiger partial charge on any atom is -0.459 e. The topological polar surface area (TPSA) is 39.2 Å². The zero-order chi connectivity index (χ0) is 13.4. The largest absolute Gasteiger partial charge is 0.459 e. The van der Waals surface area contributed by atoms with Crippen molar-refractivity contribution in [3.8, 4) is 0 Å². The lowest BCUT2D eigenvalue weighted by molar-refractivity contribution is 0.509. The van der Waals surface area contributed by atoms with E-state index in [1.165, 1.54) is 0 Å². The van der Waals surface area contributed by atoms with E-state index < -0.39 is 6.04 Å². The number of para-hydroxylation sites is 1. The van der Waals surface area contributed by atoms with Crippen LogP contribution in [0, 0.1) is 5.82 Å². The quantitative estimate of drug-likeness (QED) is 0.761. The molecule has 4 heteroatoms. The van der Waals surface area contributed by atoms with Gasteiger partial charge in [0.25, 0.3) is 0 Å². The molecule has 0 bridgehead atoms. The molecule has 0 saturated carbocycles. The summed E-state index contributed by atoms with van der Waals surface area (Å²) in [4.78, 5) is 0. The fourth-order valence-electron chi connectivity index (χ4n) is 2.07. The van der Waals surface area contributed by atoms with Crippen molar-refractivity contribution in [3.05, 3.63) is 70.1 Å². The molecule has 96 valence electrons. The van der Waals surface area contributed by atoms with E-state index in [1.807, 2.05) is 30.3 Å². The van der Waals surface area contributed by atoms with Gasteiger partial charge in [-0.15, -0.1) is 0 Å². The molecule has 1 aromatic heterocycles. The maximum atomic E-state index is 14.0. The van der Waals surface area contributed by atoms with Gasteiger partial charge in [0.15, 0.2) is 0 Å².